The average molecular weight is 239 g/mol. The minimum atomic E-state index is -0.182. The van der Waals surface area contributed by atoms with Crippen LogP contribution in [-0.4, -0.2) is 34.1 Å². The number of halogens is 1. The number of likely N-dealkylation sites (N-methyl/N-ethyl adjacent to an activating group) is 1. The van der Waals surface area contributed by atoms with Crippen molar-refractivity contribution in [2.24, 2.45) is 0 Å². The molecule has 1 amide bonds. The molecule has 1 heterocycles. The van der Waals surface area contributed by atoms with Crippen LogP contribution >= 0.6 is 22.6 Å². The van der Waals surface area contributed by atoms with Crippen molar-refractivity contribution in [2.45, 2.75) is 9.97 Å². The Morgan fingerprint density at radius 2 is 2.33 bits per heavy atom. The molecule has 0 bridgehead atoms. The van der Waals surface area contributed by atoms with Gasteiger partial charge in [0.2, 0.25) is 5.91 Å². The fourth-order valence-corrected chi connectivity index (χ4v) is 1.85. The monoisotopic (exact) mass is 239 g/mol. The minimum absolute atomic E-state index is 0.0488. The SMILES string of the molecule is CN1C(=O)C(I)C1C=O. The number of likely N-dealkylation sites (tertiary alicyclic amines) is 1. The molecule has 0 aromatic rings. The van der Waals surface area contributed by atoms with Crippen LogP contribution in [0.4, 0.5) is 0 Å². The summed E-state index contributed by atoms with van der Waals surface area (Å²) in [4.78, 5) is 22.3. The minimum Gasteiger partial charge on any atom is -0.333 e. The number of hydrogen-bond acceptors (Lipinski definition) is 2. The second kappa shape index (κ2) is 2.24. The highest BCUT2D eigenvalue weighted by Crippen LogP contribution is 2.23. The Bertz CT molecular complexity index is 147. The van der Waals surface area contributed by atoms with Crippen molar-refractivity contribution < 1.29 is 9.59 Å². The number of aldehydes is 1. The van der Waals surface area contributed by atoms with Crippen LogP contribution in [0.1, 0.15) is 0 Å². The predicted molar refractivity (Wildman–Crippen MR) is 40.4 cm³/mol. The molecule has 0 aliphatic carbocycles. The Labute approximate surface area is 66.5 Å². The van der Waals surface area contributed by atoms with E-state index in [1.165, 1.54) is 4.90 Å². The van der Waals surface area contributed by atoms with Gasteiger partial charge in [-0.2, -0.15) is 0 Å². The predicted octanol–water partition coefficient (Wildman–Crippen LogP) is -0.171. The average Bonchev–Trinajstić information content (AvgIpc) is 1.89. The van der Waals surface area contributed by atoms with Crippen molar-refractivity contribution in [3.8, 4) is 0 Å². The van der Waals surface area contributed by atoms with Crippen LogP contribution in [-0.2, 0) is 9.59 Å². The van der Waals surface area contributed by atoms with Gasteiger partial charge in [0, 0.05) is 7.05 Å². The number of carbonyl (C=O) groups excluding carboxylic acids is 2. The maximum absolute atomic E-state index is 10.7. The topological polar surface area (TPSA) is 37.4 Å². The van der Waals surface area contributed by atoms with E-state index in [9.17, 15) is 9.59 Å². The summed E-state index contributed by atoms with van der Waals surface area (Å²) in [5.41, 5.74) is 0. The molecule has 9 heavy (non-hydrogen) atoms. The molecule has 1 fully saturated rings. The fraction of sp³-hybridized carbons (Fsp3) is 0.600. The van der Waals surface area contributed by atoms with E-state index in [0.717, 1.165) is 6.29 Å². The lowest BCUT2D eigenvalue weighted by atomic mass is 10.1. The van der Waals surface area contributed by atoms with Crippen LogP contribution in [0, 0.1) is 0 Å². The molecule has 1 saturated heterocycles. The zero-order valence-corrected chi connectivity index (χ0v) is 7.03. The first-order valence-electron chi connectivity index (χ1n) is 2.54. The number of rotatable bonds is 1. The molecule has 0 aromatic carbocycles. The van der Waals surface area contributed by atoms with E-state index in [1.54, 1.807) is 7.05 Å². The summed E-state index contributed by atoms with van der Waals surface area (Å²) in [6, 6.07) is -0.182. The number of carbonyl (C=O) groups is 2. The van der Waals surface area contributed by atoms with Gasteiger partial charge in [-0.15, -0.1) is 0 Å². The molecule has 0 N–H and O–H groups in total. The third-order valence-corrected chi connectivity index (χ3v) is 2.74. The van der Waals surface area contributed by atoms with Gasteiger partial charge in [-0.25, -0.2) is 0 Å². The van der Waals surface area contributed by atoms with Crippen LogP contribution in [0.15, 0.2) is 0 Å². The Kier molecular flexibility index (Phi) is 1.74. The molecule has 1 aliphatic rings. The second-order valence-corrected chi connectivity index (χ2v) is 3.32. The van der Waals surface area contributed by atoms with Gasteiger partial charge in [0.15, 0.2) is 0 Å². The van der Waals surface area contributed by atoms with Crippen LogP contribution in [0.3, 0.4) is 0 Å². The quantitative estimate of drug-likeness (QED) is 0.276. The molecule has 2 unspecified atom stereocenters. The number of nitrogens with zero attached hydrogens (tertiary/aromatic N) is 1. The first kappa shape index (κ1) is 6.98. The van der Waals surface area contributed by atoms with Crippen LogP contribution in [0.2, 0.25) is 0 Å². The van der Waals surface area contributed by atoms with Crippen LogP contribution < -0.4 is 0 Å². The normalized spacial score (nSPS) is 34.0. The van der Waals surface area contributed by atoms with E-state index < -0.39 is 0 Å². The van der Waals surface area contributed by atoms with Crippen molar-refractivity contribution in [2.75, 3.05) is 7.05 Å². The highest BCUT2D eigenvalue weighted by molar-refractivity contribution is 14.1. The van der Waals surface area contributed by atoms with E-state index in [0.29, 0.717) is 0 Å². The van der Waals surface area contributed by atoms with Crippen molar-refractivity contribution in [3.05, 3.63) is 0 Å². The van der Waals surface area contributed by atoms with Gasteiger partial charge in [0.1, 0.15) is 16.3 Å². The smallest absolute Gasteiger partial charge is 0.238 e. The molecular weight excluding hydrogens is 233 g/mol. The van der Waals surface area contributed by atoms with E-state index in [1.807, 2.05) is 22.6 Å². The fourth-order valence-electron chi connectivity index (χ4n) is 0.762. The van der Waals surface area contributed by atoms with Gasteiger partial charge >= 0.3 is 0 Å². The lowest BCUT2D eigenvalue weighted by Crippen LogP contribution is -2.60. The van der Waals surface area contributed by atoms with Crippen molar-refractivity contribution in [1.29, 1.82) is 0 Å². The highest BCUT2D eigenvalue weighted by Gasteiger charge is 2.42. The lowest BCUT2D eigenvalue weighted by molar-refractivity contribution is -0.144. The van der Waals surface area contributed by atoms with Gasteiger partial charge in [-0.05, 0) is 0 Å². The van der Waals surface area contributed by atoms with Crippen molar-refractivity contribution >= 4 is 34.8 Å². The molecule has 3 nitrogen and oxygen atoms in total. The molecule has 0 spiro atoms. The van der Waals surface area contributed by atoms with Gasteiger partial charge in [0.25, 0.3) is 0 Å². The third-order valence-electron chi connectivity index (χ3n) is 1.47. The molecule has 1 rings (SSSR count). The van der Waals surface area contributed by atoms with Crippen LogP contribution in [0.25, 0.3) is 0 Å². The summed E-state index contributed by atoms with van der Waals surface area (Å²) in [7, 11) is 1.64. The second-order valence-electron chi connectivity index (χ2n) is 1.98. The van der Waals surface area contributed by atoms with Gasteiger partial charge in [0.05, 0.1) is 0 Å². The number of amides is 1. The third kappa shape index (κ3) is 0.849. The summed E-state index contributed by atoms with van der Waals surface area (Å²) < 4.78 is -0.120. The van der Waals surface area contributed by atoms with Crippen molar-refractivity contribution in [1.82, 2.24) is 4.90 Å². The summed E-state index contributed by atoms with van der Waals surface area (Å²) in [6.07, 6.45) is 0.804. The summed E-state index contributed by atoms with van der Waals surface area (Å²) >= 11 is 1.97. The Morgan fingerprint density at radius 1 is 1.78 bits per heavy atom. The molecular formula is C5H6INO2. The van der Waals surface area contributed by atoms with E-state index in [2.05, 4.69) is 0 Å². The first-order valence-corrected chi connectivity index (χ1v) is 3.79. The molecule has 0 radical (unpaired) electrons. The Morgan fingerprint density at radius 3 is 2.56 bits per heavy atom. The lowest BCUT2D eigenvalue weighted by Gasteiger charge is -2.38. The Balaban J connectivity index is 2.61. The highest BCUT2D eigenvalue weighted by atomic mass is 127. The largest absolute Gasteiger partial charge is 0.333 e. The van der Waals surface area contributed by atoms with E-state index >= 15 is 0 Å². The Hall–Kier alpha value is -0.130. The molecule has 4 heteroatoms. The number of β-lactam (4-membered cyclic amide) rings is 1. The van der Waals surface area contributed by atoms with Gasteiger partial charge < -0.3 is 9.69 Å². The molecule has 0 saturated carbocycles. The number of alkyl halides is 1. The zero-order valence-electron chi connectivity index (χ0n) is 4.87. The summed E-state index contributed by atoms with van der Waals surface area (Å²) in [5.74, 6) is 0.0488. The van der Waals surface area contributed by atoms with Crippen LogP contribution in [0.5, 0.6) is 0 Å². The van der Waals surface area contributed by atoms with E-state index in [-0.39, 0.29) is 15.9 Å². The standard InChI is InChI=1S/C5H6INO2/c1-7-3(2-8)4(6)5(7)9/h2-4H,1H3. The molecule has 50 valence electrons. The van der Waals surface area contributed by atoms with Crippen molar-refractivity contribution in [3.63, 3.8) is 0 Å². The van der Waals surface area contributed by atoms with Gasteiger partial charge in [-0.3, -0.25) is 4.79 Å². The molecule has 1 aliphatic heterocycles. The first-order chi connectivity index (χ1) is 4.18. The number of hydrogen-bond donors (Lipinski definition) is 0. The summed E-state index contributed by atoms with van der Waals surface area (Å²) in [5, 5.41) is 0. The maximum atomic E-state index is 10.7. The van der Waals surface area contributed by atoms with E-state index in [4.69, 9.17) is 0 Å². The zero-order chi connectivity index (χ0) is 7.02. The molecule has 2 atom stereocenters. The van der Waals surface area contributed by atoms with Gasteiger partial charge in [-0.1, -0.05) is 22.6 Å². The molecule has 0 aromatic heterocycles. The maximum Gasteiger partial charge on any atom is 0.238 e. The summed E-state index contributed by atoms with van der Waals surface area (Å²) in [6.45, 7) is 0.